The smallest absolute Gasteiger partial charge is 0.253 e. The summed E-state index contributed by atoms with van der Waals surface area (Å²) in [5.41, 5.74) is 11.5. The number of fused-ring (bicyclic) bond motifs is 1. The van der Waals surface area contributed by atoms with Crippen LogP contribution in [0, 0.1) is 11.3 Å². The molecule has 2 aromatic heterocycles. The fourth-order valence-electron chi connectivity index (χ4n) is 4.03. The van der Waals surface area contributed by atoms with E-state index in [0.29, 0.717) is 24.2 Å². The average molecular weight is 422 g/mol. The van der Waals surface area contributed by atoms with Crippen molar-refractivity contribution in [2.24, 2.45) is 5.73 Å². The highest BCUT2D eigenvalue weighted by Gasteiger charge is 2.21. The highest BCUT2D eigenvalue weighted by Crippen LogP contribution is 2.26. The Kier molecular flexibility index (Phi) is 5.13. The molecule has 7 nitrogen and oxygen atoms in total. The molecular formula is C25H22N6O. The molecule has 32 heavy (non-hydrogen) atoms. The fourth-order valence-corrected chi connectivity index (χ4v) is 4.03. The molecule has 1 amide bonds. The number of nitrogens with two attached hydrogens (primary N) is 1. The van der Waals surface area contributed by atoms with E-state index < -0.39 is 0 Å². The molecule has 5 rings (SSSR count). The first kappa shape index (κ1) is 19.9. The van der Waals surface area contributed by atoms with Crippen LogP contribution in [0.4, 0.5) is 0 Å². The minimum Gasteiger partial charge on any atom is -0.339 e. The molecule has 158 valence electrons. The predicted molar refractivity (Wildman–Crippen MR) is 122 cm³/mol. The molecular weight excluding hydrogens is 400 g/mol. The summed E-state index contributed by atoms with van der Waals surface area (Å²) in [5.74, 6) is 0.0470. The Morgan fingerprint density at radius 2 is 1.69 bits per heavy atom. The first-order valence-electron chi connectivity index (χ1n) is 10.6. The number of benzene rings is 2. The molecule has 1 fully saturated rings. The minimum atomic E-state index is 0.0470. The number of hydrogen-bond donors (Lipinski definition) is 1. The van der Waals surface area contributed by atoms with Gasteiger partial charge in [0.05, 0.1) is 23.5 Å². The average Bonchev–Trinajstić information content (AvgIpc) is 3.27. The first-order chi connectivity index (χ1) is 15.6. The summed E-state index contributed by atoms with van der Waals surface area (Å²) in [7, 11) is 0. The van der Waals surface area contributed by atoms with E-state index in [2.05, 4.69) is 11.2 Å². The van der Waals surface area contributed by atoms with Gasteiger partial charge in [-0.3, -0.25) is 4.79 Å². The van der Waals surface area contributed by atoms with E-state index in [1.54, 1.807) is 22.8 Å². The van der Waals surface area contributed by atoms with Crippen LogP contribution in [0.15, 0.2) is 67.0 Å². The molecule has 1 aliphatic heterocycles. The van der Waals surface area contributed by atoms with E-state index in [0.717, 1.165) is 40.9 Å². The van der Waals surface area contributed by atoms with Crippen LogP contribution in [0.1, 0.15) is 28.8 Å². The van der Waals surface area contributed by atoms with Crippen LogP contribution < -0.4 is 5.73 Å². The molecule has 4 aromatic rings. The van der Waals surface area contributed by atoms with Gasteiger partial charge in [0.2, 0.25) is 0 Å². The van der Waals surface area contributed by atoms with Crippen LogP contribution in [0.3, 0.4) is 0 Å². The second kappa shape index (κ2) is 8.25. The molecule has 0 spiro atoms. The number of nitriles is 1. The van der Waals surface area contributed by atoms with Crippen LogP contribution in [0.25, 0.3) is 28.0 Å². The van der Waals surface area contributed by atoms with Crippen molar-refractivity contribution in [3.05, 3.63) is 78.1 Å². The van der Waals surface area contributed by atoms with Crippen molar-refractivity contribution in [1.82, 2.24) is 19.5 Å². The van der Waals surface area contributed by atoms with Crippen molar-refractivity contribution in [1.29, 1.82) is 5.26 Å². The molecule has 0 radical (unpaired) electrons. The number of likely N-dealkylation sites (tertiary alicyclic amines) is 1. The van der Waals surface area contributed by atoms with Crippen molar-refractivity contribution in [3.63, 3.8) is 0 Å². The van der Waals surface area contributed by atoms with Crippen LogP contribution in [-0.2, 0) is 0 Å². The Morgan fingerprint density at radius 3 is 2.38 bits per heavy atom. The largest absolute Gasteiger partial charge is 0.339 e. The number of carbonyl (C=O) groups is 1. The summed E-state index contributed by atoms with van der Waals surface area (Å²) < 4.78 is 1.73. The summed E-state index contributed by atoms with van der Waals surface area (Å²) in [5, 5.41) is 13.4. The fraction of sp³-hybridized carbons (Fsp3) is 0.200. The lowest BCUT2D eigenvalue weighted by Crippen LogP contribution is -2.42. The van der Waals surface area contributed by atoms with E-state index in [-0.39, 0.29) is 11.9 Å². The SMILES string of the molecule is N#Cc1ccc(-c2cnn3ccc(-c4ccc(C(=O)N5CCC(N)CC5)cc4)nc23)cc1. The summed E-state index contributed by atoms with van der Waals surface area (Å²) in [4.78, 5) is 19.5. The third kappa shape index (κ3) is 3.72. The first-order valence-corrected chi connectivity index (χ1v) is 10.6. The topological polar surface area (TPSA) is 100 Å². The van der Waals surface area contributed by atoms with Crippen molar-refractivity contribution in [2.75, 3.05) is 13.1 Å². The minimum absolute atomic E-state index is 0.0470. The second-order valence-electron chi connectivity index (χ2n) is 8.04. The zero-order valence-electron chi connectivity index (χ0n) is 17.5. The van der Waals surface area contributed by atoms with Gasteiger partial charge in [-0.1, -0.05) is 24.3 Å². The van der Waals surface area contributed by atoms with Crippen LogP contribution in [0.2, 0.25) is 0 Å². The molecule has 0 saturated carbocycles. The Hall–Kier alpha value is -4.02. The van der Waals surface area contributed by atoms with Crippen LogP contribution in [-0.4, -0.2) is 44.5 Å². The van der Waals surface area contributed by atoms with Crippen LogP contribution >= 0.6 is 0 Å². The number of nitrogens with zero attached hydrogens (tertiary/aromatic N) is 5. The highest BCUT2D eigenvalue weighted by atomic mass is 16.2. The van der Waals surface area contributed by atoms with Gasteiger partial charge in [0.15, 0.2) is 5.65 Å². The van der Waals surface area contributed by atoms with Crippen molar-refractivity contribution >= 4 is 11.6 Å². The third-order valence-electron chi connectivity index (χ3n) is 5.95. The number of amides is 1. The van der Waals surface area contributed by atoms with Gasteiger partial charge < -0.3 is 10.6 Å². The number of hydrogen-bond acceptors (Lipinski definition) is 5. The van der Waals surface area contributed by atoms with E-state index in [9.17, 15) is 4.79 Å². The van der Waals surface area contributed by atoms with Gasteiger partial charge in [-0.2, -0.15) is 10.4 Å². The molecule has 0 atom stereocenters. The second-order valence-corrected chi connectivity index (χ2v) is 8.04. The van der Waals surface area contributed by atoms with Crippen LogP contribution in [0.5, 0.6) is 0 Å². The lowest BCUT2D eigenvalue weighted by atomic mass is 10.0. The third-order valence-corrected chi connectivity index (χ3v) is 5.95. The van der Waals surface area contributed by atoms with E-state index in [4.69, 9.17) is 16.0 Å². The molecule has 3 heterocycles. The van der Waals surface area contributed by atoms with E-state index in [1.807, 2.05) is 53.6 Å². The summed E-state index contributed by atoms with van der Waals surface area (Å²) in [6.45, 7) is 1.42. The summed E-state index contributed by atoms with van der Waals surface area (Å²) in [6, 6.07) is 19.2. The van der Waals surface area contributed by atoms with Gasteiger partial charge in [-0.05, 0) is 48.7 Å². The maximum Gasteiger partial charge on any atom is 0.253 e. The maximum absolute atomic E-state index is 12.8. The van der Waals surface area contributed by atoms with Gasteiger partial charge >= 0.3 is 0 Å². The number of rotatable bonds is 3. The Bertz CT molecular complexity index is 1310. The standard InChI is InChI=1S/C25H22N6O/c26-15-17-1-3-18(4-2-17)22-16-28-31-14-11-23(29-24(22)31)19-5-7-20(8-6-19)25(32)30-12-9-21(27)10-13-30/h1-8,11,14,16,21H,9-10,12-13,27H2. The van der Waals surface area contributed by atoms with Crippen molar-refractivity contribution in [2.45, 2.75) is 18.9 Å². The zero-order valence-corrected chi connectivity index (χ0v) is 17.5. The molecule has 2 aromatic carbocycles. The Morgan fingerprint density at radius 1 is 1.00 bits per heavy atom. The van der Waals surface area contributed by atoms with Gasteiger partial charge in [-0.25, -0.2) is 9.50 Å². The molecule has 0 aliphatic carbocycles. The zero-order chi connectivity index (χ0) is 22.1. The Labute approximate surface area is 185 Å². The number of carbonyl (C=O) groups excluding carboxylic acids is 1. The van der Waals surface area contributed by atoms with Gasteiger partial charge in [0, 0.05) is 42.0 Å². The molecule has 0 unspecified atom stereocenters. The quantitative estimate of drug-likeness (QED) is 0.545. The molecule has 1 saturated heterocycles. The van der Waals surface area contributed by atoms with E-state index in [1.165, 1.54) is 0 Å². The Balaban J connectivity index is 1.42. The number of aromatic nitrogens is 3. The highest BCUT2D eigenvalue weighted by molar-refractivity contribution is 5.94. The monoisotopic (exact) mass is 422 g/mol. The normalized spacial score (nSPS) is 14.4. The molecule has 0 bridgehead atoms. The van der Waals surface area contributed by atoms with Gasteiger partial charge in [0.1, 0.15) is 0 Å². The molecule has 7 heteroatoms. The van der Waals surface area contributed by atoms with Crippen molar-refractivity contribution in [3.8, 4) is 28.5 Å². The van der Waals surface area contributed by atoms with Gasteiger partial charge in [-0.15, -0.1) is 0 Å². The maximum atomic E-state index is 12.8. The van der Waals surface area contributed by atoms with Gasteiger partial charge in [0.25, 0.3) is 5.91 Å². The predicted octanol–water partition coefficient (Wildman–Crippen LogP) is 3.50. The molecule has 2 N–H and O–H groups in total. The summed E-state index contributed by atoms with van der Waals surface area (Å²) >= 11 is 0. The van der Waals surface area contributed by atoms with E-state index >= 15 is 0 Å². The lowest BCUT2D eigenvalue weighted by Gasteiger charge is -2.30. The number of piperidine rings is 1. The lowest BCUT2D eigenvalue weighted by molar-refractivity contribution is 0.0715. The van der Waals surface area contributed by atoms with Crippen molar-refractivity contribution < 1.29 is 4.79 Å². The molecule has 1 aliphatic rings. The summed E-state index contributed by atoms with van der Waals surface area (Å²) in [6.07, 6.45) is 5.35.